The van der Waals surface area contributed by atoms with Gasteiger partial charge in [0.05, 0.1) is 37.1 Å². The highest BCUT2D eigenvalue weighted by Crippen LogP contribution is 2.44. The lowest BCUT2D eigenvalue weighted by molar-refractivity contribution is -0.226. The molecule has 1 aliphatic heterocycles. The first-order valence-corrected chi connectivity index (χ1v) is 13.2. The van der Waals surface area contributed by atoms with E-state index in [1.54, 1.807) is 13.0 Å². The van der Waals surface area contributed by atoms with Gasteiger partial charge < -0.3 is 14.2 Å². The van der Waals surface area contributed by atoms with Crippen molar-refractivity contribution in [2.24, 2.45) is 11.8 Å². The van der Waals surface area contributed by atoms with E-state index in [4.69, 9.17) is 14.2 Å². The third-order valence-electron chi connectivity index (χ3n) is 7.44. The van der Waals surface area contributed by atoms with Gasteiger partial charge in [-0.2, -0.15) is 26.3 Å². The Labute approximate surface area is 234 Å². The molecule has 0 N–H and O–H groups in total. The van der Waals surface area contributed by atoms with E-state index in [2.05, 4.69) is 0 Å². The zero-order chi connectivity index (χ0) is 29.9. The highest BCUT2D eigenvalue weighted by atomic mass is 19.4. The lowest BCUT2D eigenvalue weighted by Crippen LogP contribution is -2.43. The van der Waals surface area contributed by atoms with Gasteiger partial charge in [0.2, 0.25) is 0 Å². The summed E-state index contributed by atoms with van der Waals surface area (Å²) in [5.74, 6) is -1.23. The first-order valence-electron chi connectivity index (χ1n) is 13.2. The smallest absolute Gasteiger partial charge is 0.376 e. The molecule has 41 heavy (non-hydrogen) atoms. The second-order valence-electron chi connectivity index (χ2n) is 10.5. The molecule has 5 atom stereocenters. The second-order valence-corrected chi connectivity index (χ2v) is 10.5. The molecule has 1 fully saturated rings. The van der Waals surface area contributed by atoms with Crippen LogP contribution in [0.2, 0.25) is 0 Å². The Hall–Kier alpha value is -2.95. The van der Waals surface area contributed by atoms with Crippen molar-refractivity contribution >= 4 is 0 Å². The number of ether oxygens (including phenoxy) is 3. The summed E-state index contributed by atoms with van der Waals surface area (Å²) in [6, 6.07) is 15.2. The van der Waals surface area contributed by atoms with Gasteiger partial charge in [0.1, 0.15) is 5.82 Å². The minimum absolute atomic E-state index is 0.0410. The number of alkyl halides is 6. The summed E-state index contributed by atoms with van der Waals surface area (Å²) >= 11 is 0. The molecule has 3 aromatic carbocycles. The van der Waals surface area contributed by atoms with Crippen molar-refractivity contribution < 1.29 is 44.9 Å². The van der Waals surface area contributed by atoms with Crippen molar-refractivity contribution in [2.45, 2.75) is 58.0 Å². The molecule has 222 valence electrons. The predicted molar refractivity (Wildman–Crippen MR) is 138 cm³/mol. The van der Waals surface area contributed by atoms with E-state index in [0.717, 1.165) is 5.56 Å². The zero-order valence-electron chi connectivity index (χ0n) is 22.7. The van der Waals surface area contributed by atoms with E-state index in [-0.39, 0.29) is 36.7 Å². The van der Waals surface area contributed by atoms with Gasteiger partial charge in [0, 0.05) is 5.92 Å². The van der Waals surface area contributed by atoms with Crippen LogP contribution in [0.4, 0.5) is 30.7 Å². The van der Waals surface area contributed by atoms with E-state index in [9.17, 15) is 30.7 Å². The molecule has 1 saturated heterocycles. The second kappa shape index (κ2) is 12.5. The quantitative estimate of drug-likeness (QED) is 0.248. The van der Waals surface area contributed by atoms with Gasteiger partial charge in [-0.05, 0) is 78.3 Å². The molecule has 3 nitrogen and oxygen atoms in total. The monoisotopic (exact) mass is 584 g/mol. The van der Waals surface area contributed by atoms with E-state index in [1.807, 2.05) is 37.3 Å². The van der Waals surface area contributed by atoms with Crippen LogP contribution in [-0.2, 0) is 33.2 Å². The molecule has 0 aromatic heterocycles. The molecular formula is C31H31F7O3. The fraction of sp³-hybridized carbons (Fsp3) is 0.419. The zero-order valence-corrected chi connectivity index (χ0v) is 22.7. The standard InChI is InChI=1S/C31H31F7O3/c1-18-11-25(32)9-10-26(18)28-27(17-39-16-21-7-5-4-6-8-21)19(2)15-40-29(28)41-20(3)22-12-23(30(33,34)35)14-24(13-22)31(36,37)38/h4-14,19-20,27-29H,15-17H2,1-3H3/t19-,20+,27+,28-,29+/m0/s1. The third kappa shape index (κ3) is 7.67. The molecule has 4 rings (SSSR count). The van der Waals surface area contributed by atoms with Crippen LogP contribution in [0, 0.1) is 24.6 Å². The molecule has 0 spiro atoms. The maximum atomic E-state index is 14.0. The summed E-state index contributed by atoms with van der Waals surface area (Å²) in [4.78, 5) is 0. The van der Waals surface area contributed by atoms with Crippen molar-refractivity contribution in [1.29, 1.82) is 0 Å². The van der Waals surface area contributed by atoms with Crippen LogP contribution in [0.25, 0.3) is 0 Å². The number of hydrogen-bond donors (Lipinski definition) is 0. The van der Waals surface area contributed by atoms with Crippen LogP contribution in [0.3, 0.4) is 0 Å². The molecule has 0 radical (unpaired) electrons. The molecule has 0 unspecified atom stereocenters. The van der Waals surface area contributed by atoms with Crippen molar-refractivity contribution in [2.75, 3.05) is 13.2 Å². The highest BCUT2D eigenvalue weighted by Gasteiger charge is 2.43. The summed E-state index contributed by atoms with van der Waals surface area (Å²) in [6.07, 6.45) is -12.2. The Kier molecular flexibility index (Phi) is 9.45. The van der Waals surface area contributed by atoms with Crippen molar-refractivity contribution in [1.82, 2.24) is 0 Å². The largest absolute Gasteiger partial charge is 0.416 e. The molecule has 1 aliphatic rings. The lowest BCUT2D eigenvalue weighted by atomic mass is 9.75. The Morgan fingerprint density at radius 1 is 0.902 bits per heavy atom. The van der Waals surface area contributed by atoms with Gasteiger partial charge in [0.25, 0.3) is 0 Å². The number of halogens is 7. The van der Waals surface area contributed by atoms with Gasteiger partial charge >= 0.3 is 12.4 Å². The van der Waals surface area contributed by atoms with Crippen molar-refractivity contribution in [3.63, 3.8) is 0 Å². The molecule has 0 aliphatic carbocycles. The average molecular weight is 585 g/mol. The minimum atomic E-state index is -4.98. The van der Waals surface area contributed by atoms with Gasteiger partial charge in [-0.3, -0.25) is 0 Å². The first-order chi connectivity index (χ1) is 19.2. The number of aryl methyl sites for hydroxylation is 1. The maximum absolute atomic E-state index is 14.0. The first kappa shape index (κ1) is 31.0. The summed E-state index contributed by atoms with van der Waals surface area (Å²) in [5, 5.41) is 0. The molecule has 1 heterocycles. The van der Waals surface area contributed by atoms with Crippen LogP contribution in [-0.4, -0.2) is 19.5 Å². The van der Waals surface area contributed by atoms with E-state index < -0.39 is 47.6 Å². The Morgan fingerprint density at radius 2 is 1.54 bits per heavy atom. The molecule has 10 heteroatoms. The molecule has 0 bridgehead atoms. The van der Waals surface area contributed by atoms with Crippen molar-refractivity contribution in [3.05, 3.63) is 106 Å². The number of hydrogen-bond acceptors (Lipinski definition) is 3. The van der Waals surface area contributed by atoms with Crippen LogP contribution in [0.15, 0.2) is 66.7 Å². The average Bonchev–Trinajstić information content (AvgIpc) is 2.90. The van der Waals surface area contributed by atoms with Crippen LogP contribution < -0.4 is 0 Å². The third-order valence-corrected chi connectivity index (χ3v) is 7.44. The van der Waals surface area contributed by atoms with E-state index in [1.165, 1.54) is 19.1 Å². The van der Waals surface area contributed by atoms with E-state index >= 15 is 0 Å². The van der Waals surface area contributed by atoms with Gasteiger partial charge in [0.15, 0.2) is 6.29 Å². The van der Waals surface area contributed by atoms with Crippen LogP contribution >= 0.6 is 0 Å². The number of rotatable bonds is 8. The van der Waals surface area contributed by atoms with E-state index in [0.29, 0.717) is 29.9 Å². The maximum Gasteiger partial charge on any atom is 0.416 e. The Morgan fingerprint density at radius 3 is 2.12 bits per heavy atom. The molecule has 0 amide bonds. The summed E-state index contributed by atoms with van der Waals surface area (Å²) in [6.45, 7) is 5.91. The van der Waals surface area contributed by atoms with Crippen LogP contribution in [0.1, 0.15) is 59.3 Å². The molecular weight excluding hydrogens is 553 g/mol. The van der Waals surface area contributed by atoms with Crippen molar-refractivity contribution in [3.8, 4) is 0 Å². The lowest BCUT2D eigenvalue weighted by Gasteiger charge is -2.43. The SMILES string of the molecule is Cc1cc(F)ccc1[C@@H]1[C@@H](O[C@H](C)c2cc(C(F)(F)F)cc(C(F)(F)F)c2)OC[C@H](C)[C@H]1COCc1ccccc1. The topological polar surface area (TPSA) is 27.7 Å². The normalized spacial score (nSPS) is 22.5. The summed E-state index contributed by atoms with van der Waals surface area (Å²) in [5.41, 5.74) is -0.860. The van der Waals surface area contributed by atoms with Crippen LogP contribution in [0.5, 0.6) is 0 Å². The summed E-state index contributed by atoms with van der Waals surface area (Å²) < 4.78 is 113. The summed E-state index contributed by atoms with van der Waals surface area (Å²) in [7, 11) is 0. The minimum Gasteiger partial charge on any atom is -0.376 e. The highest BCUT2D eigenvalue weighted by molar-refractivity contribution is 5.35. The Balaban J connectivity index is 1.65. The number of benzene rings is 3. The fourth-order valence-corrected chi connectivity index (χ4v) is 5.19. The fourth-order valence-electron chi connectivity index (χ4n) is 5.19. The van der Waals surface area contributed by atoms with Gasteiger partial charge in [-0.15, -0.1) is 0 Å². The predicted octanol–water partition coefficient (Wildman–Crippen LogP) is 8.86. The molecule has 0 saturated carbocycles. The Bertz CT molecular complexity index is 1280. The molecule has 3 aromatic rings. The van der Waals surface area contributed by atoms with Gasteiger partial charge in [-0.25, -0.2) is 4.39 Å². The van der Waals surface area contributed by atoms with Gasteiger partial charge in [-0.1, -0.05) is 43.3 Å².